The Labute approximate surface area is 56.0 Å². The molecule has 0 atom stereocenters. The van der Waals surface area contributed by atoms with Crippen molar-refractivity contribution in [2.75, 3.05) is 0 Å². The second-order valence-corrected chi connectivity index (χ2v) is 1.74. The maximum atomic E-state index is 11.7. The molecule has 0 amide bonds. The van der Waals surface area contributed by atoms with Crippen LogP contribution in [0.3, 0.4) is 0 Å². The minimum atomic E-state index is -4.50. The highest BCUT2D eigenvalue weighted by molar-refractivity contribution is 5.78. The van der Waals surface area contributed by atoms with Crippen LogP contribution in [-0.2, 0) is 0 Å². The van der Waals surface area contributed by atoms with Crippen molar-refractivity contribution < 1.29 is 13.2 Å². The van der Waals surface area contributed by atoms with E-state index in [1.54, 1.807) is 0 Å². The Morgan fingerprint density at radius 3 is 1.90 bits per heavy atom. The second-order valence-electron chi connectivity index (χ2n) is 1.74. The lowest BCUT2D eigenvalue weighted by Crippen LogP contribution is -2.17. The molecule has 0 bridgehead atoms. The van der Waals surface area contributed by atoms with Gasteiger partial charge in [0.25, 0.3) is 0 Å². The quantitative estimate of drug-likeness (QED) is 0.548. The van der Waals surface area contributed by atoms with Crippen LogP contribution in [0.25, 0.3) is 0 Å². The first-order valence-electron chi connectivity index (χ1n) is 2.43. The van der Waals surface area contributed by atoms with E-state index in [1.165, 1.54) is 0 Å². The normalized spacial score (nSPS) is 14.4. The molecule has 0 fully saturated rings. The van der Waals surface area contributed by atoms with Crippen LogP contribution >= 0.6 is 0 Å². The zero-order valence-electron chi connectivity index (χ0n) is 5.29. The van der Waals surface area contributed by atoms with Crippen LogP contribution in [-0.4, -0.2) is 12.4 Å². The minimum absolute atomic E-state index is 0.204. The molecule has 0 saturated heterocycles. The lowest BCUT2D eigenvalue weighted by molar-refractivity contribution is -0.0864. The Hall–Kier alpha value is -1.00. The van der Waals surface area contributed by atoms with Crippen LogP contribution in [0.5, 0.6) is 0 Å². The Morgan fingerprint density at radius 2 is 1.90 bits per heavy atom. The molecule has 0 saturated carbocycles. The lowest BCUT2D eigenvalue weighted by atomic mass is 10.2. The summed E-state index contributed by atoms with van der Waals surface area (Å²) in [5, 5.41) is 6.36. The molecule has 0 aromatic heterocycles. The molecule has 0 heterocycles. The van der Waals surface area contributed by atoms with Crippen LogP contribution in [0.4, 0.5) is 13.2 Å². The van der Waals surface area contributed by atoms with E-state index in [9.17, 15) is 13.2 Å². The maximum Gasteiger partial charge on any atom is 0.419 e. The van der Waals surface area contributed by atoms with Gasteiger partial charge in [-0.25, -0.2) is 0 Å². The molecule has 0 aliphatic rings. The van der Waals surface area contributed by atoms with E-state index in [-0.39, 0.29) is 11.9 Å². The molecular formula is C5H7F3N2. The van der Waals surface area contributed by atoms with Crippen molar-refractivity contribution >= 4 is 6.21 Å². The predicted octanol–water partition coefficient (Wildman–Crippen LogP) is 1.43. The van der Waals surface area contributed by atoms with Gasteiger partial charge in [0.2, 0.25) is 0 Å². The second kappa shape index (κ2) is 2.72. The zero-order valence-corrected chi connectivity index (χ0v) is 5.29. The summed E-state index contributed by atoms with van der Waals surface area (Å²) in [5.74, 6) is 0. The molecule has 0 spiro atoms. The molecule has 58 valence electrons. The molecule has 0 rings (SSSR count). The first kappa shape index (κ1) is 9.00. The third-order valence-electron chi connectivity index (χ3n) is 0.875. The van der Waals surface area contributed by atoms with E-state index < -0.39 is 11.7 Å². The fourth-order valence-electron chi connectivity index (χ4n) is 0.419. The van der Waals surface area contributed by atoms with Gasteiger partial charge >= 0.3 is 6.18 Å². The van der Waals surface area contributed by atoms with Crippen molar-refractivity contribution in [3.05, 3.63) is 11.3 Å². The number of alkyl halides is 3. The number of hydrogen-bond acceptors (Lipinski definition) is 2. The third-order valence-corrected chi connectivity index (χ3v) is 0.875. The van der Waals surface area contributed by atoms with Gasteiger partial charge in [-0.05, 0) is 6.92 Å². The van der Waals surface area contributed by atoms with Gasteiger partial charge in [-0.15, -0.1) is 0 Å². The van der Waals surface area contributed by atoms with E-state index in [1.807, 2.05) is 0 Å². The van der Waals surface area contributed by atoms with Crippen molar-refractivity contribution in [2.24, 2.45) is 5.73 Å². The number of rotatable bonds is 1. The van der Waals surface area contributed by atoms with Gasteiger partial charge < -0.3 is 11.1 Å². The fourth-order valence-corrected chi connectivity index (χ4v) is 0.419. The van der Waals surface area contributed by atoms with Crippen molar-refractivity contribution in [1.82, 2.24) is 0 Å². The summed E-state index contributed by atoms with van der Waals surface area (Å²) in [6, 6.07) is 0. The van der Waals surface area contributed by atoms with Crippen molar-refractivity contribution in [1.29, 1.82) is 5.41 Å². The Kier molecular flexibility index (Phi) is 2.45. The van der Waals surface area contributed by atoms with E-state index >= 15 is 0 Å². The summed E-state index contributed by atoms with van der Waals surface area (Å²) in [6.45, 7) is 1.11. The molecule has 2 nitrogen and oxygen atoms in total. The van der Waals surface area contributed by atoms with E-state index in [4.69, 9.17) is 11.1 Å². The molecule has 0 aromatic carbocycles. The highest BCUT2D eigenvalue weighted by Gasteiger charge is 2.33. The molecule has 0 radical (unpaired) electrons. The van der Waals surface area contributed by atoms with E-state index in [0.29, 0.717) is 0 Å². The summed E-state index contributed by atoms with van der Waals surface area (Å²) in [5.41, 5.74) is 3.36. The SMILES string of the molecule is C/C(N)=C(/C=N)C(F)(F)F. The van der Waals surface area contributed by atoms with Crippen LogP contribution in [0, 0.1) is 5.41 Å². The maximum absolute atomic E-state index is 11.7. The summed E-state index contributed by atoms with van der Waals surface area (Å²) in [4.78, 5) is 0. The number of hydrogen-bond donors (Lipinski definition) is 2. The molecule has 3 N–H and O–H groups in total. The molecule has 0 aromatic rings. The highest BCUT2D eigenvalue weighted by atomic mass is 19.4. The largest absolute Gasteiger partial charge is 0.419 e. The molecule has 0 aliphatic heterocycles. The average Bonchev–Trinajstić information content (AvgIpc) is 1.60. The number of nitrogens with one attached hydrogen (secondary N) is 1. The van der Waals surface area contributed by atoms with Crippen LogP contribution in [0.1, 0.15) is 6.92 Å². The van der Waals surface area contributed by atoms with Gasteiger partial charge in [0, 0.05) is 11.9 Å². The van der Waals surface area contributed by atoms with Crippen LogP contribution < -0.4 is 5.73 Å². The van der Waals surface area contributed by atoms with Gasteiger partial charge in [0.05, 0.1) is 5.57 Å². The van der Waals surface area contributed by atoms with E-state index in [0.717, 1.165) is 6.92 Å². The Morgan fingerprint density at radius 1 is 1.50 bits per heavy atom. The molecule has 10 heavy (non-hydrogen) atoms. The van der Waals surface area contributed by atoms with Crippen molar-refractivity contribution in [3.8, 4) is 0 Å². The molecular weight excluding hydrogens is 145 g/mol. The highest BCUT2D eigenvalue weighted by Crippen LogP contribution is 2.24. The van der Waals surface area contributed by atoms with Crippen LogP contribution in [0.2, 0.25) is 0 Å². The molecule has 0 unspecified atom stereocenters. The fraction of sp³-hybridized carbons (Fsp3) is 0.400. The summed E-state index contributed by atoms with van der Waals surface area (Å²) < 4.78 is 35.0. The average molecular weight is 152 g/mol. The smallest absolute Gasteiger partial charge is 0.402 e. The third kappa shape index (κ3) is 2.08. The molecule has 0 aliphatic carbocycles. The van der Waals surface area contributed by atoms with E-state index in [2.05, 4.69) is 0 Å². The van der Waals surface area contributed by atoms with Gasteiger partial charge in [-0.3, -0.25) is 0 Å². The minimum Gasteiger partial charge on any atom is -0.402 e. The summed E-state index contributed by atoms with van der Waals surface area (Å²) in [7, 11) is 0. The van der Waals surface area contributed by atoms with Gasteiger partial charge in [-0.2, -0.15) is 13.2 Å². The topological polar surface area (TPSA) is 49.9 Å². The van der Waals surface area contributed by atoms with Gasteiger partial charge in [0.1, 0.15) is 0 Å². The van der Waals surface area contributed by atoms with Crippen molar-refractivity contribution in [3.63, 3.8) is 0 Å². The zero-order chi connectivity index (χ0) is 8.36. The summed E-state index contributed by atoms with van der Waals surface area (Å²) >= 11 is 0. The number of nitrogens with two attached hydrogens (primary N) is 1. The van der Waals surface area contributed by atoms with Crippen molar-refractivity contribution in [2.45, 2.75) is 13.1 Å². The predicted molar refractivity (Wildman–Crippen MR) is 31.7 cm³/mol. The number of allylic oxidation sites excluding steroid dienone is 2. The first-order valence-corrected chi connectivity index (χ1v) is 2.43. The van der Waals surface area contributed by atoms with Gasteiger partial charge in [0.15, 0.2) is 0 Å². The van der Waals surface area contributed by atoms with Crippen LogP contribution in [0.15, 0.2) is 11.3 Å². The summed E-state index contributed by atoms with van der Waals surface area (Å²) in [6.07, 6.45) is -4.30. The standard InChI is InChI=1S/C5H7F3N2/c1-3(10)4(2-9)5(6,7)8/h2,9H,10H2,1H3/b4-3+,9-2?. The monoisotopic (exact) mass is 152 g/mol. The number of halogens is 3. The molecule has 5 heteroatoms. The van der Waals surface area contributed by atoms with Gasteiger partial charge in [-0.1, -0.05) is 0 Å². The Bertz CT molecular complexity index is 164. The Balaban J connectivity index is 4.71. The lowest BCUT2D eigenvalue weighted by Gasteiger charge is -2.06. The first-order chi connectivity index (χ1) is 4.39.